The highest BCUT2D eigenvalue weighted by Gasteiger charge is 2.56. The molecule has 2 aliphatic carbocycles. The molecule has 214 valence electrons. The lowest BCUT2D eigenvalue weighted by Crippen LogP contribution is -2.27. The molecule has 8 rings (SSSR count). The third-order valence-electron chi connectivity index (χ3n) is 8.80. The van der Waals surface area contributed by atoms with Gasteiger partial charge in [-0.25, -0.2) is 0 Å². The molecule has 1 spiro atoms. The number of benzene rings is 4. The molecule has 0 N–H and O–H groups in total. The average molecular weight is 599 g/mol. The van der Waals surface area contributed by atoms with Crippen LogP contribution in [0.25, 0.3) is 43.1 Å². The molecule has 0 saturated heterocycles. The Balaban J connectivity index is 0.000000709. The van der Waals surface area contributed by atoms with E-state index in [-0.39, 0.29) is 0 Å². The topological polar surface area (TPSA) is 18.5 Å². The first kappa shape index (κ1) is 27.7. The van der Waals surface area contributed by atoms with Crippen molar-refractivity contribution in [1.29, 1.82) is 0 Å². The van der Waals surface area contributed by atoms with Crippen LogP contribution in [0.4, 0.5) is 0 Å². The van der Waals surface area contributed by atoms with E-state index >= 15 is 0 Å². The Kier molecular flexibility index (Phi) is 7.20. The van der Waals surface area contributed by atoms with Crippen LogP contribution in [-0.2, 0) is 5.41 Å². The summed E-state index contributed by atoms with van der Waals surface area (Å²) in [6.45, 7) is 4.36. The van der Waals surface area contributed by atoms with Crippen LogP contribution in [0.15, 0.2) is 108 Å². The highest BCUT2D eigenvalue weighted by molar-refractivity contribution is 7.13. The lowest BCUT2D eigenvalue weighted by molar-refractivity contribution is 0.398. The quantitative estimate of drug-likeness (QED) is 0.196. The summed E-state index contributed by atoms with van der Waals surface area (Å²) in [5.41, 5.74) is 11.9. The summed E-state index contributed by atoms with van der Waals surface area (Å²) in [5, 5.41) is 4.30. The summed E-state index contributed by atoms with van der Waals surface area (Å²) in [4.78, 5) is 2.51. The SMILES string of the molecule is CCCC.COc1ccc(-c2cccs2)c2c1C1(c3ccccc3-2)c2ccccc2-c2c(-c3cccs3)ccc(OC)c21. The molecular formula is C39H34O2S2. The van der Waals surface area contributed by atoms with Crippen molar-refractivity contribution in [3.8, 4) is 54.6 Å². The van der Waals surface area contributed by atoms with E-state index in [1.165, 1.54) is 78.2 Å². The minimum atomic E-state index is -0.574. The predicted molar refractivity (Wildman–Crippen MR) is 183 cm³/mol. The summed E-state index contributed by atoms with van der Waals surface area (Å²) in [6.07, 6.45) is 2.64. The van der Waals surface area contributed by atoms with E-state index in [1.807, 2.05) is 0 Å². The fourth-order valence-electron chi connectivity index (χ4n) is 6.95. The van der Waals surface area contributed by atoms with Crippen molar-refractivity contribution in [3.05, 3.63) is 130 Å². The highest BCUT2D eigenvalue weighted by atomic mass is 32.1. The Hall–Kier alpha value is -4.12. The van der Waals surface area contributed by atoms with E-state index in [2.05, 4.69) is 122 Å². The van der Waals surface area contributed by atoms with Gasteiger partial charge in [-0.15, -0.1) is 22.7 Å². The first-order valence-electron chi connectivity index (χ1n) is 14.9. The van der Waals surface area contributed by atoms with Gasteiger partial charge in [-0.2, -0.15) is 0 Å². The first-order chi connectivity index (χ1) is 21.2. The fraction of sp³-hybridized carbons (Fsp3) is 0.179. The second kappa shape index (κ2) is 11.2. The predicted octanol–water partition coefficient (Wildman–Crippen LogP) is 11.3. The lowest BCUT2D eigenvalue weighted by Gasteiger charge is -2.32. The number of methoxy groups -OCH3 is 2. The zero-order valence-corrected chi connectivity index (χ0v) is 26.6. The van der Waals surface area contributed by atoms with Gasteiger partial charge in [0.05, 0.1) is 19.6 Å². The van der Waals surface area contributed by atoms with Crippen molar-refractivity contribution >= 4 is 22.7 Å². The molecule has 4 aromatic carbocycles. The molecule has 6 aromatic rings. The van der Waals surface area contributed by atoms with Gasteiger partial charge < -0.3 is 9.47 Å². The molecule has 43 heavy (non-hydrogen) atoms. The molecule has 2 nitrogen and oxygen atoms in total. The molecule has 2 aliphatic rings. The van der Waals surface area contributed by atoms with Gasteiger partial charge in [0.2, 0.25) is 0 Å². The zero-order valence-electron chi connectivity index (χ0n) is 24.9. The molecule has 4 heteroatoms. The number of thiophene rings is 2. The van der Waals surface area contributed by atoms with Crippen LogP contribution in [0.1, 0.15) is 48.9 Å². The number of hydrogen-bond acceptors (Lipinski definition) is 4. The number of fused-ring (bicyclic) bond motifs is 10. The van der Waals surface area contributed by atoms with Gasteiger partial charge in [-0.05, 0) is 80.5 Å². The Morgan fingerprint density at radius 3 is 1.33 bits per heavy atom. The molecular weight excluding hydrogens is 565 g/mol. The average Bonchev–Trinajstić information content (AvgIpc) is 3.88. The largest absolute Gasteiger partial charge is 0.496 e. The van der Waals surface area contributed by atoms with Gasteiger partial charge in [0.15, 0.2) is 0 Å². The van der Waals surface area contributed by atoms with E-state index < -0.39 is 5.41 Å². The van der Waals surface area contributed by atoms with Gasteiger partial charge in [0, 0.05) is 32.0 Å². The van der Waals surface area contributed by atoms with Gasteiger partial charge in [-0.1, -0.05) is 87.4 Å². The van der Waals surface area contributed by atoms with Crippen LogP contribution >= 0.6 is 22.7 Å². The van der Waals surface area contributed by atoms with E-state index in [4.69, 9.17) is 9.47 Å². The van der Waals surface area contributed by atoms with Crippen molar-refractivity contribution < 1.29 is 9.47 Å². The van der Waals surface area contributed by atoms with Gasteiger partial charge >= 0.3 is 0 Å². The summed E-state index contributed by atoms with van der Waals surface area (Å²) in [6, 6.07) is 35.2. The normalized spacial score (nSPS) is 13.0. The summed E-state index contributed by atoms with van der Waals surface area (Å²) >= 11 is 3.55. The monoisotopic (exact) mass is 598 g/mol. The number of unbranched alkanes of at least 4 members (excludes halogenated alkanes) is 1. The van der Waals surface area contributed by atoms with Crippen LogP contribution in [0.2, 0.25) is 0 Å². The molecule has 0 fully saturated rings. The van der Waals surface area contributed by atoms with Crippen LogP contribution < -0.4 is 9.47 Å². The minimum absolute atomic E-state index is 0.574. The maximum absolute atomic E-state index is 6.22. The number of rotatable bonds is 5. The van der Waals surface area contributed by atoms with Crippen molar-refractivity contribution in [2.45, 2.75) is 32.1 Å². The summed E-state index contributed by atoms with van der Waals surface area (Å²) in [5.74, 6) is 1.79. The number of ether oxygens (including phenoxy) is 2. The molecule has 0 aliphatic heterocycles. The standard InChI is InChI=1S/C35H24O2S2.C4H10/c1-36-27-17-15-23(29-13-7-19-38-29)31-21-9-3-5-11-25(21)35(33(27)31)26-12-6-4-10-22(26)32-24(30-14-8-20-39-30)16-18-28(37-2)34(32)35;1-3-4-2/h3-20H,1-2H3;3-4H2,1-2H3. The van der Waals surface area contributed by atoms with Gasteiger partial charge in [-0.3, -0.25) is 0 Å². The molecule has 0 saturated carbocycles. The summed E-state index contributed by atoms with van der Waals surface area (Å²) in [7, 11) is 3.58. The highest BCUT2D eigenvalue weighted by Crippen LogP contribution is 2.68. The Morgan fingerprint density at radius 1 is 0.512 bits per heavy atom. The van der Waals surface area contributed by atoms with Crippen LogP contribution in [0.5, 0.6) is 11.5 Å². The van der Waals surface area contributed by atoms with E-state index in [1.54, 1.807) is 36.9 Å². The second-order valence-electron chi connectivity index (χ2n) is 10.9. The molecule has 0 unspecified atom stereocenters. The molecule has 2 aromatic heterocycles. The fourth-order valence-corrected chi connectivity index (χ4v) is 8.47. The van der Waals surface area contributed by atoms with Crippen LogP contribution in [0.3, 0.4) is 0 Å². The van der Waals surface area contributed by atoms with E-state index in [9.17, 15) is 0 Å². The molecule has 0 bridgehead atoms. The lowest BCUT2D eigenvalue weighted by atomic mass is 9.69. The summed E-state index contributed by atoms with van der Waals surface area (Å²) < 4.78 is 12.4. The molecule has 2 heterocycles. The maximum Gasteiger partial charge on any atom is 0.124 e. The first-order valence-corrected chi connectivity index (χ1v) is 16.7. The smallest absolute Gasteiger partial charge is 0.124 e. The number of hydrogen-bond donors (Lipinski definition) is 0. The maximum atomic E-state index is 6.22. The Labute approximate surface area is 262 Å². The van der Waals surface area contributed by atoms with E-state index in [0.29, 0.717) is 0 Å². The Morgan fingerprint density at radius 2 is 0.953 bits per heavy atom. The van der Waals surface area contributed by atoms with Crippen molar-refractivity contribution in [3.63, 3.8) is 0 Å². The third-order valence-corrected chi connectivity index (χ3v) is 10.6. The van der Waals surface area contributed by atoms with Crippen molar-refractivity contribution in [1.82, 2.24) is 0 Å². The van der Waals surface area contributed by atoms with Gasteiger partial charge in [0.25, 0.3) is 0 Å². The molecule has 0 amide bonds. The van der Waals surface area contributed by atoms with E-state index in [0.717, 1.165) is 11.5 Å². The molecule has 0 radical (unpaired) electrons. The Bertz CT molecular complexity index is 1770. The minimum Gasteiger partial charge on any atom is -0.496 e. The third kappa shape index (κ3) is 3.97. The van der Waals surface area contributed by atoms with Crippen molar-refractivity contribution in [2.75, 3.05) is 14.2 Å². The van der Waals surface area contributed by atoms with Crippen LogP contribution in [0, 0.1) is 0 Å². The van der Waals surface area contributed by atoms with Gasteiger partial charge in [0.1, 0.15) is 11.5 Å². The second-order valence-corrected chi connectivity index (χ2v) is 12.8. The van der Waals surface area contributed by atoms with Crippen molar-refractivity contribution in [2.24, 2.45) is 0 Å². The zero-order chi connectivity index (χ0) is 29.6. The van der Waals surface area contributed by atoms with Crippen LogP contribution in [-0.4, -0.2) is 14.2 Å². The molecule has 0 atom stereocenters.